The van der Waals surface area contributed by atoms with Gasteiger partial charge in [-0.1, -0.05) is 13.8 Å². The van der Waals surface area contributed by atoms with Crippen molar-refractivity contribution in [1.82, 2.24) is 0 Å². The summed E-state index contributed by atoms with van der Waals surface area (Å²) in [7, 11) is -1.29. The first kappa shape index (κ1) is 13.6. The Hall–Kier alpha value is -0.420. The second-order valence-electron chi connectivity index (χ2n) is 4.51. The summed E-state index contributed by atoms with van der Waals surface area (Å²) in [6.07, 6.45) is 2.97. The maximum absolute atomic E-state index is 11.9. The van der Waals surface area contributed by atoms with Crippen LogP contribution in [0.4, 0.5) is 0 Å². The summed E-state index contributed by atoms with van der Waals surface area (Å²) in [4.78, 5) is 11.0. The third-order valence-corrected chi connectivity index (χ3v) is 4.75. The summed E-state index contributed by atoms with van der Waals surface area (Å²) >= 11 is 0. The minimum Gasteiger partial charge on any atom is -0.480 e. The van der Waals surface area contributed by atoms with E-state index < -0.39 is 22.0 Å². The number of aliphatic carboxylic acids is 1. The fraction of sp³-hybridized carbons (Fsp3) is 0.909. The van der Waals surface area contributed by atoms with E-state index in [0.717, 1.165) is 19.4 Å². The van der Waals surface area contributed by atoms with Gasteiger partial charge in [-0.3, -0.25) is 9.00 Å². The van der Waals surface area contributed by atoms with Gasteiger partial charge in [-0.2, -0.15) is 0 Å². The van der Waals surface area contributed by atoms with Crippen LogP contribution in [-0.2, 0) is 20.3 Å². The molecule has 1 aliphatic heterocycles. The van der Waals surface area contributed by atoms with E-state index in [0.29, 0.717) is 12.2 Å². The van der Waals surface area contributed by atoms with Crippen LogP contribution < -0.4 is 0 Å². The SMILES string of the molecule is CC(C)C(C(=O)O)S(=O)CCC1CCCO1. The summed E-state index contributed by atoms with van der Waals surface area (Å²) in [6.45, 7) is 4.37. The molecule has 1 N–H and O–H groups in total. The molecule has 0 aromatic carbocycles. The van der Waals surface area contributed by atoms with E-state index in [4.69, 9.17) is 9.84 Å². The van der Waals surface area contributed by atoms with Gasteiger partial charge in [0.1, 0.15) is 5.25 Å². The molecule has 0 saturated carbocycles. The van der Waals surface area contributed by atoms with Gasteiger partial charge in [0.15, 0.2) is 0 Å². The number of ether oxygens (including phenoxy) is 1. The molecular formula is C11H20O4S. The Morgan fingerprint density at radius 1 is 1.56 bits per heavy atom. The number of carbonyl (C=O) groups is 1. The first-order valence-electron chi connectivity index (χ1n) is 5.74. The predicted molar refractivity (Wildman–Crippen MR) is 62.9 cm³/mol. The van der Waals surface area contributed by atoms with Gasteiger partial charge in [0, 0.05) is 23.2 Å². The molecule has 0 bridgehead atoms. The van der Waals surface area contributed by atoms with Gasteiger partial charge in [-0.25, -0.2) is 0 Å². The molecule has 1 aliphatic rings. The van der Waals surface area contributed by atoms with E-state index in [1.807, 2.05) is 0 Å². The molecule has 3 atom stereocenters. The summed E-state index contributed by atoms with van der Waals surface area (Å²) < 4.78 is 17.3. The molecule has 1 heterocycles. The monoisotopic (exact) mass is 248 g/mol. The van der Waals surface area contributed by atoms with Gasteiger partial charge in [0.25, 0.3) is 0 Å². The Balaban J connectivity index is 2.39. The van der Waals surface area contributed by atoms with Gasteiger partial charge in [-0.05, 0) is 25.2 Å². The highest BCUT2D eigenvalue weighted by atomic mass is 32.2. The molecule has 1 fully saturated rings. The lowest BCUT2D eigenvalue weighted by atomic mass is 10.1. The van der Waals surface area contributed by atoms with Gasteiger partial charge in [0.05, 0.1) is 6.10 Å². The van der Waals surface area contributed by atoms with Crippen LogP contribution in [0, 0.1) is 5.92 Å². The molecule has 94 valence electrons. The second-order valence-corrected chi connectivity index (χ2v) is 6.19. The maximum atomic E-state index is 11.9. The standard InChI is InChI=1S/C11H20O4S/c1-8(2)10(11(12)13)16(14)7-5-9-4-3-6-15-9/h8-10H,3-7H2,1-2H3,(H,12,13). The number of hydrogen-bond donors (Lipinski definition) is 1. The number of carboxylic acids is 1. The van der Waals surface area contributed by atoms with Crippen molar-refractivity contribution < 1.29 is 18.8 Å². The third kappa shape index (κ3) is 3.87. The van der Waals surface area contributed by atoms with Crippen molar-refractivity contribution in [3.63, 3.8) is 0 Å². The van der Waals surface area contributed by atoms with E-state index in [-0.39, 0.29) is 12.0 Å². The van der Waals surface area contributed by atoms with E-state index in [9.17, 15) is 9.00 Å². The van der Waals surface area contributed by atoms with Crippen LogP contribution in [-0.4, -0.2) is 39.0 Å². The zero-order valence-corrected chi connectivity index (χ0v) is 10.7. The highest BCUT2D eigenvalue weighted by Gasteiger charge is 2.28. The molecule has 1 rings (SSSR count). The molecule has 0 spiro atoms. The summed E-state index contributed by atoms with van der Waals surface area (Å²) in [5.74, 6) is -0.622. The van der Waals surface area contributed by atoms with Crippen LogP contribution >= 0.6 is 0 Å². The van der Waals surface area contributed by atoms with Gasteiger partial charge < -0.3 is 9.84 Å². The fourth-order valence-corrected chi connectivity index (χ4v) is 3.53. The van der Waals surface area contributed by atoms with Crippen LogP contribution in [0.15, 0.2) is 0 Å². The van der Waals surface area contributed by atoms with Crippen LogP contribution in [0.5, 0.6) is 0 Å². The van der Waals surface area contributed by atoms with Gasteiger partial charge in [0.2, 0.25) is 0 Å². The summed E-state index contributed by atoms with van der Waals surface area (Å²) in [5, 5.41) is 8.23. The average molecular weight is 248 g/mol. The number of carboxylic acid groups (broad SMARTS) is 1. The van der Waals surface area contributed by atoms with Crippen molar-refractivity contribution in [2.75, 3.05) is 12.4 Å². The predicted octanol–water partition coefficient (Wildman–Crippen LogP) is 1.41. The highest BCUT2D eigenvalue weighted by molar-refractivity contribution is 7.86. The Morgan fingerprint density at radius 2 is 2.25 bits per heavy atom. The topological polar surface area (TPSA) is 63.6 Å². The minimum absolute atomic E-state index is 0.0946. The lowest BCUT2D eigenvalue weighted by Crippen LogP contribution is -2.33. The maximum Gasteiger partial charge on any atom is 0.319 e. The lowest BCUT2D eigenvalue weighted by molar-refractivity contribution is -0.137. The Labute approximate surface area is 98.8 Å². The fourth-order valence-electron chi connectivity index (χ4n) is 1.95. The molecule has 0 aromatic heterocycles. The number of rotatable bonds is 6. The van der Waals surface area contributed by atoms with Crippen LogP contribution in [0.2, 0.25) is 0 Å². The van der Waals surface area contributed by atoms with Crippen LogP contribution in [0.3, 0.4) is 0 Å². The molecule has 4 nitrogen and oxygen atoms in total. The second kappa shape index (κ2) is 6.35. The van der Waals surface area contributed by atoms with Crippen molar-refractivity contribution in [2.45, 2.75) is 44.5 Å². The zero-order valence-electron chi connectivity index (χ0n) is 9.85. The smallest absolute Gasteiger partial charge is 0.319 e. The molecule has 5 heteroatoms. The van der Waals surface area contributed by atoms with Crippen molar-refractivity contribution in [3.05, 3.63) is 0 Å². The molecule has 0 aliphatic carbocycles. The van der Waals surface area contributed by atoms with Crippen LogP contribution in [0.1, 0.15) is 33.1 Å². The van der Waals surface area contributed by atoms with E-state index in [1.54, 1.807) is 13.8 Å². The van der Waals surface area contributed by atoms with E-state index in [2.05, 4.69) is 0 Å². The van der Waals surface area contributed by atoms with E-state index in [1.165, 1.54) is 0 Å². The summed E-state index contributed by atoms with van der Waals surface area (Å²) in [5.41, 5.74) is 0. The Bertz CT molecular complexity index is 259. The van der Waals surface area contributed by atoms with Crippen molar-refractivity contribution >= 4 is 16.8 Å². The molecule has 0 amide bonds. The lowest BCUT2D eigenvalue weighted by Gasteiger charge is -2.16. The molecule has 0 aromatic rings. The first-order chi connectivity index (χ1) is 7.52. The zero-order chi connectivity index (χ0) is 12.1. The normalized spacial score (nSPS) is 24.6. The van der Waals surface area contributed by atoms with Gasteiger partial charge in [-0.15, -0.1) is 0 Å². The third-order valence-electron chi connectivity index (χ3n) is 2.80. The van der Waals surface area contributed by atoms with Crippen molar-refractivity contribution in [1.29, 1.82) is 0 Å². The Morgan fingerprint density at radius 3 is 2.69 bits per heavy atom. The van der Waals surface area contributed by atoms with Crippen molar-refractivity contribution in [2.24, 2.45) is 5.92 Å². The quantitative estimate of drug-likeness (QED) is 0.772. The summed E-state index contributed by atoms with van der Waals surface area (Å²) in [6, 6.07) is 0. The average Bonchev–Trinajstić information content (AvgIpc) is 2.65. The molecular weight excluding hydrogens is 228 g/mol. The highest BCUT2D eigenvalue weighted by Crippen LogP contribution is 2.18. The van der Waals surface area contributed by atoms with Crippen molar-refractivity contribution in [3.8, 4) is 0 Å². The molecule has 16 heavy (non-hydrogen) atoms. The van der Waals surface area contributed by atoms with Gasteiger partial charge >= 0.3 is 5.97 Å². The molecule has 0 radical (unpaired) electrons. The first-order valence-corrected chi connectivity index (χ1v) is 7.12. The molecule has 3 unspecified atom stereocenters. The number of hydrogen-bond acceptors (Lipinski definition) is 3. The molecule has 1 saturated heterocycles. The van der Waals surface area contributed by atoms with E-state index >= 15 is 0 Å². The minimum atomic E-state index is -1.29. The van der Waals surface area contributed by atoms with Crippen LogP contribution in [0.25, 0.3) is 0 Å². The largest absolute Gasteiger partial charge is 0.480 e. The Kier molecular flexibility index (Phi) is 5.41.